The summed E-state index contributed by atoms with van der Waals surface area (Å²) in [5.41, 5.74) is 2.17. The highest BCUT2D eigenvalue weighted by molar-refractivity contribution is 7.90. The predicted octanol–water partition coefficient (Wildman–Crippen LogP) is 2.55. The summed E-state index contributed by atoms with van der Waals surface area (Å²) in [7, 11) is -3.26. The molecule has 0 amide bonds. The number of nitrogens with zero attached hydrogens (tertiary/aromatic N) is 5. The van der Waals surface area contributed by atoms with Gasteiger partial charge in [-0.1, -0.05) is 12.1 Å². The molecule has 0 spiro atoms. The Bertz CT molecular complexity index is 1300. The molecule has 2 fully saturated rings. The first-order chi connectivity index (χ1) is 16.3. The zero-order chi connectivity index (χ0) is 23.9. The number of morpholine rings is 2. The number of ether oxygens (including phenoxy) is 2. The first-order valence-corrected chi connectivity index (χ1v) is 13.4. The van der Waals surface area contributed by atoms with Crippen LogP contribution in [0.5, 0.6) is 0 Å². The zero-order valence-electron chi connectivity index (χ0n) is 19.6. The van der Waals surface area contributed by atoms with E-state index < -0.39 is 9.84 Å². The molecule has 180 valence electrons. The molecule has 2 aromatic heterocycles. The topological polar surface area (TPSA) is 97.8 Å². The molecule has 34 heavy (non-hydrogen) atoms. The predicted molar refractivity (Wildman–Crippen MR) is 131 cm³/mol. The molecule has 1 aromatic carbocycles. The summed E-state index contributed by atoms with van der Waals surface area (Å²) in [5.74, 6) is 1.51. The lowest BCUT2D eigenvalue weighted by Gasteiger charge is -2.37. The van der Waals surface area contributed by atoms with Crippen molar-refractivity contribution < 1.29 is 17.9 Å². The molecule has 5 rings (SSSR count). The minimum absolute atomic E-state index is 0.160. The Morgan fingerprint density at radius 3 is 2.12 bits per heavy atom. The summed E-state index contributed by atoms with van der Waals surface area (Å²) in [6.45, 7) is 8.27. The van der Waals surface area contributed by atoms with Gasteiger partial charge >= 0.3 is 0 Å². The van der Waals surface area contributed by atoms with Gasteiger partial charge in [0.2, 0.25) is 5.95 Å². The molecule has 10 heteroatoms. The van der Waals surface area contributed by atoms with E-state index in [2.05, 4.69) is 23.6 Å². The molecular formula is C24H29N5O4S. The third-order valence-electron chi connectivity index (χ3n) is 6.37. The van der Waals surface area contributed by atoms with Gasteiger partial charge in [-0.15, -0.1) is 0 Å². The van der Waals surface area contributed by atoms with Crippen LogP contribution in [0.15, 0.2) is 41.3 Å². The number of fused-ring (bicyclic) bond motifs is 1. The highest BCUT2D eigenvalue weighted by Crippen LogP contribution is 2.31. The van der Waals surface area contributed by atoms with Crippen LogP contribution in [0, 0.1) is 0 Å². The Balaban J connectivity index is 1.62. The lowest BCUT2D eigenvalue weighted by molar-refractivity contribution is 0.0973. The number of pyridine rings is 1. The number of sulfone groups is 1. The van der Waals surface area contributed by atoms with Crippen molar-refractivity contribution in [1.29, 1.82) is 0 Å². The lowest BCUT2D eigenvalue weighted by Crippen LogP contribution is -2.46. The van der Waals surface area contributed by atoms with Crippen molar-refractivity contribution in [3.05, 3.63) is 36.4 Å². The molecule has 4 heterocycles. The minimum Gasteiger partial charge on any atom is -0.377 e. The zero-order valence-corrected chi connectivity index (χ0v) is 20.5. The maximum Gasteiger partial charge on any atom is 0.229 e. The Hall–Kier alpha value is -2.82. The molecule has 0 aliphatic carbocycles. The number of hydrogen-bond donors (Lipinski definition) is 0. The fourth-order valence-corrected chi connectivity index (χ4v) is 5.06. The van der Waals surface area contributed by atoms with Crippen molar-refractivity contribution >= 4 is 32.6 Å². The Morgan fingerprint density at radius 2 is 1.50 bits per heavy atom. The van der Waals surface area contributed by atoms with Gasteiger partial charge in [-0.05, 0) is 38.1 Å². The van der Waals surface area contributed by atoms with Crippen LogP contribution in [-0.4, -0.2) is 81.2 Å². The van der Waals surface area contributed by atoms with E-state index in [1.54, 1.807) is 24.3 Å². The number of rotatable bonds is 4. The van der Waals surface area contributed by atoms with Crippen LogP contribution in [0.4, 0.5) is 11.8 Å². The van der Waals surface area contributed by atoms with E-state index in [1.165, 1.54) is 6.26 Å². The highest BCUT2D eigenvalue weighted by Gasteiger charge is 2.27. The molecule has 0 radical (unpaired) electrons. The molecule has 0 unspecified atom stereocenters. The van der Waals surface area contributed by atoms with Crippen molar-refractivity contribution in [3.63, 3.8) is 0 Å². The molecule has 3 aromatic rings. The third-order valence-corrected chi connectivity index (χ3v) is 7.50. The summed E-state index contributed by atoms with van der Waals surface area (Å²) >= 11 is 0. The van der Waals surface area contributed by atoms with Crippen LogP contribution < -0.4 is 9.80 Å². The van der Waals surface area contributed by atoms with Crippen molar-refractivity contribution in [2.75, 3.05) is 55.6 Å². The van der Waals surface area contributed by atoms with E-state index in [1.807, 2.05) is 12.1 Å². The molecule has 9 nitrogen and oxygen atoms in total. The molecule has 2 aliphatic rings. The van der Waals surface area contributed by atoms with E-state index in [0.29, 0.717) is 38.0 Å². The third kappa shape index (κ3) is 4.45. The van der Waals surface area contributed by atoms with Crippen LogP contribution in [0.25, 0.3) is 22.3 Å². The monoisotopic (exact) mass is 483 g/mol. The maximum atomic E-state index is 11.8. The summed E-state index contributed by atoms with van der Waals surface area (Å²) in [6.07, 6.45) is 1.20. The Kier molecular flexibility index (Phi) is 6.13. The first-order valence-electron chi connectivity index (χ1n) is 11.5. The second-order valence-corrected chi connectivity index (χ2v) is 11.0. The number of benzene rings is 1. The number of anilines is 2. The minimum atomic E-state index is -3.26. The van der Waals surface area contributed by atoms with Crippen LogP contribution in [-0.2, 0) is 19.3 Å². The summed E-state index contributed by atoms with van der Waals surface area (Å²) in [6, 6.07) is 11.1. The molecule has 2 atom stereocenters. The molecule has 2 saturated heterocycles. The largest absolute Gasteiger partial charge is 0.377 e. The summed E-state index contributed by atoms with van der Waals surface area (Å²) < 4.78 is 34.9. The van der Waals surface area contributed by atoms with Crippen LogP contribution in [0.3, 0.4) is 0 Å². The summed E-state index contributed by atoms with van der Waals surface area (Å²) in [5, 5.41) is 0.884. The van der Waals surface area contributed by atoms with E-state index in [-0.39, 0.29) is 17.0 Å². The van der Waals surface area contributed by atoms with Crippen molar-refractivity contribution in [1.82, 2.24) is 15.0 Å². The van der Waals surface area contributed by atoms with Crippen LogP contribution in [0.2, 0.25) is 0 Å². The van der Waals surface area contributed by atoms with E-state index in [9.17, 15) is 8.42 Å². The van der Waals surface area contributed by atoms with Gasteiger partial charge in [0.1, 0.15) is 5.82 Å². The normalized spacial score (nSPS) is 21.7. The molecule has 0 saturated carbocycles. The van der Waals surface area contributed by atoms with Gasteiger partial charge in [-0.3, -0.25) is 0 Å². The SMILES string of the molecule is C[C@H]1COCCN1c1nc(N2CCOC[C@@H]2C)c2ccc(-c3ccc(S(C)(=O)=O)cc3)nc2n1. The van der Waals surface area contributed by atoms with Crippen molar-refractivity contribution in [2.24, 2.45) is 0 Å². The van der Waals surface area contributed by atoms with Crippen molar-refractivity contribution in [2.45, 2.75) is 30.8 Å². The average Bonchev–Trinajstić information content (AvgIpc) is 2.83. The Labute approximate surface area is 199 Å². The second kappa shape index (κ2) is 9.09. The summed E-state index contributed by atoms with van der Waals surface area (Å²) in [4.78, 5) is 19.5. The molecule has 0 N–H and O–H groups in total. The number of aromatic nitrogens is 3. The van der Waals surface area contributed by atoms with Crippen LogP contribution >= 0.6 is 0 Å². The van der Waals surface area contributed by atoms with Crippen LogP contribution in [0.1, 0.15) is 13.8 Å². The smallest absolute Gasteiger partial charge is 0.229 e. The van der Waals surface area contributed by atoms with Gasteiger partial charge in [0.05, 0.1) is 54.5 Å². The molecular weight excluding hydrogens is 454 g/mol. The molecule has 2 aliphatic heterocycles. The highest BCUT2D eigenvalue weighted by atomic mass is 32.2. The van der Waals surface area contributed by atoms with Crippen molar-refractivity contribution in [3.8, 4) is 11.3 Å². The van der Waals surface area contributed by atoms with Gasteiger partial charge in [0.25, 0.3) is 0 Å². The lowest BCUT2D eigenvalue weighted by atomic mass is 10.1. The number of hydrogen-bond acceptors (Lipinski definition) is 9. The fourth-order valence-electron chi connectivity index (χ4n) is 4.43. The van der Waals surface area contributed by atoms with E-state index in [4.69, 9.17) is 24.4 Å². The van der Waals surface area contributed by atoms with Gasteiger partial charge < -0.3 is 19.3 Å². The van der Waals surface area contributed by atoms with Gasteiger partial charge in [0, 0.05) is 24.9 Å². The van der Waals surface area contributed by atoms with Gasteiger partial charge in [-0.2, -0.15) is 9.97 Å². The maximum absolute atomic E-state index is 11.8. The standard InChI is InChI=1S/C24H29N5O4S/c1-16-14-32-12-10-28(16)23-20-8-9-21(18-4-6-19(7-5-18)34(3,30)31)25-22(20)26-24(27-23)29-11-13-33-15-17(29)2/h4-9,16-17H,10-15H2,1-3H3/t16-,17-/m0/s1. The average molecular weight is 484 g/mol. The Morgan fingerprint density at radius 1 is 0.853 bits per heavy atom. The van der Waals surface area contributed by atoms with Gasteiger partial charge in [0.15, 0.2) is 15.5 Å². The van der Waals surface area contributed by atoms with Gasteiger partial charge in [-0.25, -0.2) is 13.4 Å². The molecule has 0 bridgehead atoms. The quantitative estimate of drug-likeness (QED) is 0.554. The first kappa shape index (κ1) is 22.9. The fraction of sp³-hybridized carbons (Fsp3) is 0.458. The van der Waals surface area contributed by atoms with E-state index in [0.717, 1.165) is 35.6 Å². The van der Waals surface area contributed by atoms with E-state index >= 15 is 0 Å². The second-order valence-electron chi connectivity index (χ2n) is 8.95.